The fraction of sp³-hybridized carbons (Fsp3) is 1.00. The van der Waals surface area contributed by atoms with Crippen LogP contribution >= 0.6 is 0 Å². The second-order valence-electron chi connectivity index (χ2n) is 8.90. The van der Waals surface area contributed by atoms with E-state index in [-0.39, 0.29) is 28.8 Å². The Balaban J connectivity index is 2.74. The maximum atomic E-state index is 5.77. The van der Waals surface area contributed by atoms with Crippen LogP contribution in [0.25, 0.3) is 0 Å². The minimum atomic E-state index is -0.337. The molecule has 0 spiro atoms. The molecular weight excluding hydrogens is 268 g/mol. The third kappa shape index (κ3) is 6.23. The summed E-state index contributed by atoms with van der Waals surface area (Å²) in [6.07, 6.45) is 1.76. The van der Waals surface area contributed by atoms with Crippen molar-refractivity contribution in [3.05, 3.63) is 0 Å². The highest BCUT2D eigenvalue weighted by Crippen LogP contribution is 2.43. The van der Waals surface area contributed by atoms with Crippen LogP contribution in [0.4, 0.5) is 0 Å². The van der Waals surface area contributed by atoms with Crippen LogP contribution in [0.3, 0.4) is 0 Å². The van der Waals surface area contributed by atoms with Crippen LogP contribution < -0.4 is 0 Å². The number of hydrogen-bond donors (Lipinski definition) is 0. The van der Waals surface area contributed by atoms with E-state index < -0.39 is 0 Å². The molecule has 1 saturated carbocycles. The molecule has 126 valence electrons. The predicted molar refractivity (Wildman–Crippen MR) is 83.6 cm³/mol. The lowest BCUT2D eigenvalue weighted by Gasteiger charge is -2.45. The van der Waals surface area contributed by atoms with Gasteiger partial charge in [0.2, 0.25) is 0 Å². The summed E-state index contributed by atoms with van der Waals surface area (Å²) < 4.78 is 0. The summed E-state index contributed by atoms with van der Waals surface area (Å²) in [5.74, 6) is 0.321. The van der Waals surface area contributed by atoms with Crippen molar-refractivity contribution < 1.29 is 19.6 Å². The van der Waals surface area contributed by atoms with Gasteiger partial charge in [-0.05, 0) is 65.7 Å². The standard InChI is InChI=1S/C17H34O4/c1-12-14(19-21-16(5,6)7)13(10-11-17(12,8)9)18-20-15(2,3)4/h12-14H,10-11H2,1-9H3. The molecule has 0 bridgehead atoms. The zero-order valence-corrected chi connectivity index (χ0v) is 15.3. The summed E-state index contributed by atoms with van der Waals surface area (Å²) in [5.41, 5.74) is -0.462. The Morgan fingerprint density at radius 1 is 0.857 bits per heavy atom. The average Bonchev–Trinajstić information content (AvgIpc) is 2.27. The molecule has 1 fully saturated rings. The molecule has 0 aromatic rings. The second kappa shape index (κ2) is 6.53. The van der Waals surface area contributed by atoms with Crippen LogP contribution in [0.2, 0.25) is 0 Å². The van der Waals surface area contributed by atoms with Crippen molar-refractivity contribution in [3.63, 3.8) is 0 Å². The van der Waals surface area contributed by atoms with Gasteiger partial charge in [-0.2, -0.15) is 0 Å². The van der Waals surface area contributed by atoms with Crippen LogP contribution in [-0.4, -0.2) is 23.4 Å². The highest BCUT2D eigenvalue weighted by molar-refractivity contribution is 4.91. The maximum absolute atomic E-state index is 5.77. The molecule has 3 atom stereocenters. The van der Waals surface area contributed by atoms with Gasteiger partial charge in [-0.1, -0.05) is 20.8 Å². The molecule has 3 unspecified atom stereocenters. The van der Waals surface area contributed by atoms with Gasteiger partial charge in [0.1, 0.15) is 12.2 Å². The van der Waals surface area contributed by atoms with E-state index in [0.717, 1.165) is 12.8 Å². The van der Waals surface area contributed by atoms with E-state index >= 15 is 0 Å². The smallest absolute Gasteiger partial charge is 0.125 e. The summed E-state index contributed by atoms with van der Waals surface area (Å²) in [7, 11) is 0. The lowest BCUT2D eigenvalue weighted by Crippen LogP contribution is -2.49. The Bertz CT molecular complexity index is 325. The van der Waals surface area contributed by atoms with Crippen LogP contribution in [0.5, 0.6) is 0 Å². The van der Waals surface area contributed by atoms with E-state index in [2.05, 4.69) is 20.8 Å². The normalized spacial score (nSPS) is 30.4. The zero-order valence-electron chi connectivity index (χ0n) is 15.3. The first-order chi connectivity index (χ1) is 9.32. The Morgan fingerprint density at radius 2 is 1.33 bits per heavy atom. The Morgan fingerprint density at radius 3 is 1.81 bits per heavy atom. The zero-order chi connectivity index (χ0) is 16.5. The SMILES string of the molecule is CC1C(OOC(C)(C)C)C(OOC(C)(C)C)CCC1(C)C. The Labute approximate surface area is 130 Å². The Kier molecular flexibility index (Phi) is 5.87. The molecule has 1 rings (SSSR count). The van der Waals surface area contributed by atoms with E-state index in [1.54, 1.807) is 0 Å². The molecule has 0 aromatic carbocycles. The second-order valence-corrected chi connectivity index (χ2v) is 8.90. The van der Waals surface area contributed by atoms with Gasteiger partial charge in [0.15, 0.2) is 0 Å². The van der Waals surface area contributed by atoms with Crippen molar-refractivity contribution in [2.45, 2.75) is 98.6 Å². The van der Waals surface area contributed by atoms with Crippen molar-refractivity contribution >= 4 is 0 Å². The Hall–Kier alpha value is -0.160. The molecule has 21 heavy (non-hydrogen) atoms. The lowest BCUT2D eigenvalue weighted by molar-refractivity contribution is -0.444. The highest BCUT2D eigenvalue weighted by atomic mass is 17.2. The fourth-order valence-electron chi connectivity index (χ4n) is 2.33. The van der Waals surface area contributed by atoms with Gasteiger partial charge in [0.25, 0.3) is 0 Å². The molecule has 0 amide bonds. The highest BCUT2D eigenvalue weighted by Gasteiger charge is 2.45. The van der Waals surface area contributed by atoms with Gasteiger partial charge in [-0.15, -0.1) is 0 Å². The first kappa shape index (κ1) is 18.9. The van der Waals surface area contributed by atoms with Gasteiger partial charge in [-0.3, -0.25) is 0 Å². The molecule has 0 N–H and O–H groups in total. The predicted octanol–water partition coefficient (Wildman–Crippen LogP) is 4.67. The van der Waals surface area contributed by atoms with Gasteiger partial charge in [0.05, 0.1) is 11.2 Å². The van der Waals surface area contributed by atoms with E-state index in [1.165, 1.54) is 0 Å². The third-order valence-electron chi connectivity index (χ3n) is 4.00. The van der Waals surface area contributed by atoms with Crippen LogP contribution in [0.1, 0.15) is 75.2 Å². The van der Waals surface area contributed by atoms with E-state index in [0.29, 0.717) is 5.92 Å². The first-order valence-electron chi connectivity index (χ1n) is 8.01. The minimum absolute atomic E-state index is 0.102. The molecule has 1 aliphatic rings. The lowest BCUT2D eigenvalue weighted by atomic mass is 9.67. The molecule has 0 aliphatic heterocycles. The van der Waals surface area contributed by atoms with Gasteiger partial charge >= 0.3 is 0 Å². The van der Waals surface area contributed by atoms with Crippen molar-refractivity contribution in [2.24, 2.45) is 11.3 Å². The van der Waals surface area contributed by atoms with E-state index in [1.807, 2.05) is 41.5 Å². The molecule has 0 heterocycles. The number of rotatable bonds is 4. The van der Waals surface area contributed by atoms with Gasteiger partial charge in [0, 0.05) is 0 Å². The monoisotopic (exact) mass is 302 g/mol. The molecular formula is C17H34O4. The molecule has 0 aromatic heterocycles. The molecule has 4 nitrogen and oxygen atoms in total. The largest absolute Gasteiger partial charge is 0.231 e. The quantitative estimate of drug-likeness (QED) is 0.558. The van der Waals surface area contributed by atoms with Crippen LogP contribution in [-0.2, 0) is 19.6 Å². The average molecular weight is 302 g/mol. The van der Waals surface area contributed by atoms with E-state index in [9.17, 15) is 0 Å². The summed E-state index contributed by atoms with van der Waals surface area (Å²) >= 11 is 0. The minimum Gasteiger partial charge on any atom is -0.231 e. The molecule has 4 heteroatoms. The third-order valence-corrected chi connectivity index (χ3v) is 4.00. The summed E-state index contributed by atoms with van der Waals surface area (Å²) in [4.78, 5) is 22.5. The van der Waals surface area contributed by atoms with Crippen molar-refractivity contribution in [1.82, 2.24) is 0 Å². The van der Waals surface area contributed by atoms with Crippen molar-refractivity contribution in [2.75, 3.05) is 0 Å². The topological polar surface area (TPSA) is 36.9 Å². The molecule has 0 saturated heterocycles. The number of hydrogen-bond acceptors (Lipinski definition) is 4. The van der Waals surface area contributed by atoms with E-state index in [4.69, 9.17) is 19.6 Å². The van der Waals surface area contributed by atoms with Crippen molar-refractivity contribution in [1.29, 1.82) is 0 Å². The van der Waals surface area contributed by atoms with Crippen molar-refractivity contribution in [3.8, 4) is 0 Å². The summed E-state index contributed by atoms with van der Waals surface area (Å²) in [5, 5.41) is 0. The van der Waals surface area contributed by atoms with Gasteiger partial charge in [-0.25, -0.2) is 19.6 Å². The van der Waals surface area contributed by atoms with Crippen LogP contribution in [0.15, 0.2) is 0 Å². The van der Waals surface area contributed by atoms with Gasteiger partial charge < -0.3 is 0 Å². The molecule has 0 radical (unpaired) electrons. The first-order valence-corrected chi connectivity index (χ1v) is 8.01. The van der Waals surface area contributed by atoms with Crippen LogP contribution in [0, 0.1) is 11.3 Å². The molecule has 1 aliphatic carbocycles. The summed E-state index contributed by atoms with van der Waals surface area (Å²) in [6, 6.07) is 0. The maximum Gasteiger partial charge on any atom is 0.125 e. The summed E-state index contributed by atoms with van der Waals surface area (Å²) in [6.45, 7) is 18.6. The fourth-order valence-corrected chi connectivity index (χ4v) is 2.33.